The van der Waals surface area contributed by atoms with Gasteiger partial charge in [0.15, 0.2) is 0 Å². The van der Waals surface area contributed by atoms with Crippen molar-refractivity contribution in [3.63, 3.8) is 0 Å². The molecule has 0 fully saturated rings. The fourth-order valence-electron chi connectivity index (χ4n) is 1.39. The second-order valence-corrected chi connectivity index (χ2v) is 3.22. The van der Waals surface area contributed by atoms with Crippen molar-refractivity contribution in [3.05, 3.63) is 35.8 Å². The van der Waals surface area contributed by atoms with Crippen LogP contribution in [0.2, 0.25) is 0 Å². The molecule has 3 heteroatoms. The highest BCUT2D eigenvalue weighted by Crippen LogP contribution is 2.20. The van der Waals surface area contributed by atoms with Gasteiger partial charge in [0.25, 0.3) is 0 Å². The van der Waals surface area contributed by atoms with Crippen molar-refractivity contribution in [2.24, 2.45) is 5.73 Å². The number of H-pyrrole nitrogens is 1. The van der Waals surface area contributed by atoms with Gasteiger partial charge < -0.3 is 10.7 Å². The van der Waals surface area contributed by atoms with Crippen molar-refractivity contribution in [1.82, 2.24) is 4.98 Å². The number of nitrogens with two attached hydrogens (primary N) is 1. The molecule has 2 aromatic rings. The Labute approximate surface area is 75.6 Å². The van der Waals surface area contributed by atoms with Crippen LogP contribution < -0.4 is 5.73 Å². The van der Waals surface area contributed by atoms with Gasteiger partial charge in [0, 0.05) is 17.1 Å². The van der Waals surface area contributed by atoms with E-state index in [-0.39, 0.29) is 11.9 Å². The number of aromatic amines is 1. The lowest BCUT2D eigenvalue weighted by Crippen LogP contribution is -2.04. The number of benzene rings is 1. The Morgan fingerprint density at radius 2 is 2.23 bits per heavy atom. The monoisotopic (exact) mass is 178 g/mol. The van der Waals surface area contributed by atoms with E-state index >= 15 is 0 Å². The molecule has 0 bridgehead atoms. The number of hydrogen-bond donors (Lipinski definition) is 2. The Kier molecular flexibility index (Phi) is 1.81. The van der Waals surface area contributed by atoms with Crippen molar-refractivity contribution in [2.45, 2.75) is 13.0 Å². The van der Waals surface area contributed by atoms with Gasteiger partial charge in [0.2, 0.25) is 0 Å². The zero-order chi connectivity index (χ0) is 9.42. The molecule has 1 aromatic carbocycles. The average molecular weight is 178 g/mol. The number of nitrogens with one attached hydrogen (secondary N) is 1. The van der Waals surface area contributed by atoms with Gasteiger partial charge in [0.05, 0.1) is 5.52 Å². The maximum absolute atomic E-state index is 13.2. The van der Waals surface area contributed by atoms with Crippen molar-refractivity contribution in [3.8, 4) is 0 Å². The van der Waals surface area contributed by atoms with E-state index in [2.05, 4.69) is 4.98 Å². The maximum Gasteiger partial charge on any atom is 0.147 e. The predicted octanol–water partition coefficient (Wildman–Crippen LogP) is 2.33. The average Bonchev–Trinajstić information content (AvgIpc) is 2.49. The van der Waals surface area contributed by atoms with E-state index in [0.717, 1.165) is 11.1 Å². The van der Waals surface area contributed by atoms with E-state index in [0.29, 0.717) is 5.52 Å². The van der Waals surface area contributed by atoms with Crippen LogP contribution in [0.4, 0.5) is 4.39 Å². The van der Waals surface area contributed by atoms with Gasteiger partial charge in [-0.05, 0) is 19.1 Å². The van der Waals surface area contributed by atoms with E-state index in [1.165, 1.54) is 6.07 Å². The largest absolute Gasteiger partial charge is 0.355 e. The molecule has 1 atom stereocenters. The van der Waals surface area contributed by atoms with E-state index in [1.807, 2.05) is 19.1 Å². The van der Waals surface area contributed by atoms with Gasteiger partial charge in [-0.15, -0.1) is 0 Å². The molecular weight excluding hydrogens is 167 g/mol. The zero-order valence-electron chi connectivity index (χ0n) is 7.34. The SMILES string of the molecule is CC(N)c1cc2cccc(F)c2[nH]1. The van der Waals surface area contributed by atoms with Crippen LogP contribution in [-0.2, 0) is 0 Å². The molecule has 2 rings (SSSR count). The van der Waals surface area contributed by atoms with Crippen LogP contribution in [0.3, 0.4) is 0 Å². The Morgan fingerprint density at radius 3 is 2.85 bits per heavy atom. The summed E-state index contributed by atoms with van der Waals surface area (Å²) in [6, 6.07) is 6.77. The molecule has 1 aromatic heterocycles. The standard InChI is InChI=1S/C10H11FN2/c1-6(12)9-5-7-3-2-4-8(11)10(7)13-9/h2-6,13H,12H2,1H3. The fraction of sp³-hybridized carbons (Fsp3) is 0.200. The number of halogens is 1. The lowest BCUT2D eigenvalue weighted by atomic mass is 10.2. The normalized spacial score (nSPS) is 13.5. The second kappa shape index (κ2) is 2.85. The zero-order valence-corrected chi connectivity index (χ0v) is 7.34. The van der Waals surface area contributed by atoms with E-state index in [9.17, 15) is 4.39 Å². The molecule has 0 spiro atoms. The van der Waals surface area contributed by atoms with Crippen molar-refractivity contribution in [1.29, 1.82) is 0 Å². The topological polar surface area (TPSA) is 41.8 Å². The minimum atomic E-state index is -0.232. The van der Waals surface area contributed by atoms with Crippen LogP contribution in [0.25, 0.3) is 10.9 Å². The molecule has 0 aliphatic heterocycles. The van der Waals surface area contributed by atoms with Crippen LogP contribution in [0.15, 0.2) is 24.3 Å². The Hall–Kier alpha value is -1.35. The minimum Gasteiger partial charge on any atom is -0.355 e. The molecule has 0 amide bonds. The number of hydrogen-bond acceptors (Lipinski definition) is 1. The Morgan fingerprint density at radius 1 is 1.46 bits per heavy atom. The molecule has 68 valence electrons. The first-order chi connectivity index (χ1) is 6.18. The van der Waals surface area contributed by atoms with Crippen LogP contribution >= 0.6 is 0 Å². The summed E-state index contributed by atoms with van der Waals surface area (Å²) in [5, 5.41) is 0.868. The molecule has 3 N–H and O–H groups in total. The van der Waals surface area contributed by atoms with Gasteiger partial charge in [-0.2, -0.15) is 0 Å². The fourth-order valence-corrected chi connectivity index (χ4v) is 1.39. The number of aromatic nitrogens is 1. The molecule has 0 saturated carbocycles. The summed E-state index contributed by atoms with van der Waals surface area (Å²) in [6.45, 7) is 1.86. The Balaban J connectivity index is 2.68. The first-order valence-corrected chi connectivity index (χ1v) is 4.21. The third kappa shape index (κ3) is 1.31. The van der Waals surface area contributed by atoms with Crippen molar-refractivity contribution in [2.75, 3.05) is 0 Å². The number of fused-ring (bicyclic) bond motifs is 1. The smallest absolute Gasteiger partial charge is 0.147 e. The number of rotatable bonds is 1. The molecule has 0 aliphatic carbocycles. The third-order valence-electron chi connectivity index (χ3n) is 2.12. The lowest BCUT2D eigenvalue weighted by molar-refractivity contribution is 0.636. The van der Waals surface area contributed by atoms with Gasteiger partial charge in [-0.25, -0.2) is 4.39 Å². The highest BCUT2D eigenvalue weighted by atomic mass is 19.1. The summed E-state index contributed by atoms with van der Waals surface area (Å²) >= 11 is 0. The van der Waals surface area contributed by atoms with Crippen LogP contribution in [-0.4, -0.2) is 4.98 Å². The lowest BCUT2D eigenvalue weighted by Gasteiger charge is -1.98. The molecule has 0 saturated heterocycles. The maximum atomic E-state index is 13.2. The molecule has 2 nitrogen and oxygen atoms in total. The number of para-hydroxylation sites is 1. The highest BCUT2D eigenvalue weighted by Gasteiger charge is 2.06. The van der Waals surface area contributed by atoms with Gasteiger partial charge >= 0.3 is 0 Å². The predicted molar refractivity (Wildman–Crippen MR) is 50.9 cm³/mol. The van der Waals surface area contributed by atoms with Crippen LogP contribution in [0, 0.1) is 5.82 Å². The van der Waals surface area contributed by atoms with E-state index in [1.54, 1.807) is 6.07 Å². The molecular formula is C10H11FN2. The van der Waals surface area contributed by atoms with Crippen molar-refractivity contribution >= 4 is 10.9 Å². The Bertz CT molecular complexity index is 431. The van der Waals surface area contributed by atoms with Crippen LogP contribution in [0.1, 0.15) is 18.7 Å². The quantitative estimate of drug-likeness (QED) is 0.691. The van der Waals surface area contributed by atoms with Gasteiger partial charge in [0.1, 0.15) is 5.82 Å². The van der Waals surface area contributed by atoms with Crippen LogP contribution in [0.5, 0.6) is 0 Å². The summed E-state index contributed by atoms with van der Waals surface area (Å²) in [7, 11) is 0. The summed E-state index contributed by atoms with van der Waals surface area (Å²) in [4.78, 5) is 2.96. The van der Waals surface area contributed by atoms with E-state index < -0.39 is 0 Å². The first kappa shape index (κ1) is 8.26. The molecule has 0 aliphatic rings. The van der Waals surface area contributed by atoms with Crippen molar-refractivity contribution < 1.29 is 4.39 Å². The third-order valence-corrected chi connectivity index (χ3v) is 2.12. The molecule has 13 heavy (non-hydrogen) atoms. The summed E-state index contributed by atoms with van der Waals surface area (Å²) in [6.07, 6.45) is 0. The molecule has 0 radical (unpaired) electrons. The minimum absolute atomic E-state index is 0.0909. The first-order valence-electron chi connectivity index (χ1n) is 4.21. The van der Waals surface area contributed by atoms with Gasteiger partial charge in [-0.1, -0.05) is 12.1 Å². The second-order valence-electron chi connectivity index (χ2n) is 3.22. The highest BCUT2D eigenvalue weighted by molar-refractivity contribution is 5.81. The van der Waals surface area contributed by atoms with E-state index in [4.69, 9.17) is 5.73 Å². The molecule has 1 unspecified atom stereocenters. The summed E-state index contributed by atoms with van der Waals surface area (Å²) < 4.78 is 13.2. The summed E-state index contributed by atoms with van der Waals surface area (Å²) in [5.74, 6) is -0.232. The summed E-state index contributed by atoms with van der Waals surface area (Å²) in [5.41, 5.74) is 7.07. The van der Waals surface area contributed by atoms with Gasteiger partial charge in [-0.3, -0.25) is 0 Å². The molecule has 1 heterocycles.